The average Bonchev–Trinajstić information content (AvgIpc) is 3.06. The van der Waals surface area contributed by atoms with E-state index in [1.807, 2.05) is 37.3 Å². The van der Waals surface area contributed by atoms with E-state index in [0.29, 0.717) is 50.0 Å². The van der Waals surface area contributed by atoms with Crippen LogP contribution in [-0.2, 0) is 38.9 Å². The quantitative estimate of drug-likeness (QED) is 0.0377. The van der Waals surface area contributed by atoms with Crippen LogP contribution in [0.3, 0.4) is 0 Å². The third-order valence-electron chi connectivity index (χ3n) is 7.66. The van der Waals surface area contributed by atoms with Crippen LogP contribution in [-0.4, -0.2) is 46.5 Å². The van der Waals surface area contributed by atoms with E-state index in [2.05, 4.69) is 14.0 Å². The number of nitrogens with zero attached hydrogens (tertiary/aromatic N) is 1. The first-order valence-corrected chi connectivity index (χ1v) is 17.9. The van der Waals surface area contributed by atoms with Crippen LogP contribution in [0, 0.1) is 0 Å². The van der Waals surface area contributed by atoms with E-state index in [-0.39, 0.29) is 27.4 Å². The van der Waals surface area contributed by atoms with Gasteiger partial charge in [0.25, 0.3) is 0 Å². The molecule has 3 aromatic carbocycles. The van der Waals surface area contributed by atoms with E-state index in [1.54, 1.807) is 18.2 Å². The summed E-state index contributed by atoms with van der Waals surface area (Å²) in [5.74, 6) is -1.32. The zero-order chi connectivity index (χ0) is 37.0. The van der Waals surface area contributed by atoms with Gasteiger partial charge in [-0.15, -0.1) is 0 Å². The molecular weight excluding hydrogens is 830 g/mol. The van der Waals surface area contributed by atoms with Crippen LogP contribution in [0.25, 0.3) is 0 Å². The predicted molar refractivity (Wildman–Crippen MR) is 172 cm³/mol. The third-order valence-corrected chi connectivity index (χ3v) is 9.24. The van der Waals surface area contributed by atoms with Crippen LogP contribution >= 0.6 is 23.2 Å². The number of hydrogen-bond donors (Lipinski definition) is 4. The van der Waals surface area contributed by atoms with E-state index in [4.69, 9.17) is 36.2 Å². The predicted octanol–water partition coefficient (Wildman–Crippen LogP) is 4.40. The Morgan fingerprint density at radius 2 is 1.56 bits per heavy atom. The minimum absolute atomic E-state index is 0.0262. The monoisotopic (exact) mass is 864 g/mol. The summed E-state index contributed by atoms with van der Waals surface area (Å²) in [6.07, 6.45) is -8.91. The summed E-state index contributed by atoms with van der Waals surface area (Å²) in [5.41, 5.74) is -2.94. The molecule has 2 atom stereocenters. The molecule has 0 saturated carbocycles. The molecule has 3 rings (SSSR count). The summed E-state index contributed by atoms with van der Waals surface area (Å²) < 4.78 is 97.4. The Morgan fingerprint density at radius 1 is 0.900 bits per heavy atom. The minimum atomic E-state index is -5.03. The normalized spacial score (nSPS) is 14.3. The Kier molecular flexibility index (Phi) is 16.1. The minimum Gasteiger partial charge on any atom is -0.0622 e. The van der Waals surface area contributed by atoms with E-state index in [0.717, 1.165) is 5.56 Å². The van der Waals surface area contributed by atoms with Crippen molar-refractivity contribution >= 4 is 34.8 Å². The topological polar surface area (TPSA) is 112 Å². The number of carbonyl (C=O) groups is 1. The van der Waals surface area contributed by atoms with E-state index in [9.17, 15) is 36.2 Å². The molecule has 2 unspecified atom stereocenters. The summed E-state index contributed by atoms with van der Waals surface area (Å²) >= 11 is 10.9. The first-order valence-electron chi connectivity index (χ1n) is 15.1. The zero-order valence-electron chi connectivity index (χ0n) is 26.6. The van der Waals surface area contributed by atoms with Gasteiger partial charge in [-0.2, -0.15) is 26.3 Å². The van der Waals surface area contributed by atoms with Gasteiger partial charge in [-0.05, 0) is 18.1 Å². The molecule has 0 bridgehead atoms. The van der Waals surface area contributed by atoms with Crippen LogP contribution in [0.5, 0.6) is 0 Å². The van der Waals surface area contributed by atoms with Crippen LogP contribution in [0.4, 0.5) is 26.3 Å². The summed E-state index contributed by atoms with van der Waals surface area (Å²) in [4.78, 5) is 17.1. The van der Waals surface area contributed by atoms with Gasteiger partial charge in [0.05, 0.1) is 5.60 Å². The third kappa shape index (κ3) is 12.8. The molecule has 50 heavy (non-hydrogen) atoms. The van der Waals surface area contributed by atoms with Gasteiger partial charge in [0, 0.05) is 0 Å². The van der Waals surface area contributed by atoms with E-state index in [1.165, 1.54) is 0 Å². The van der Waals surface area contributed by atoms with Crippen molar-refractivity contribution in [3.63, 3.8) is 0 Å². The molecule has 1 amide bonds. The van der Waals surface area contributed by atoms with Gasteiger partial charge in [-0.1, -0.05) is 37.3 Å². The molecule has 0 saturated heterocycles. The molecule has 4 N–H and O–H groups in total. The first kappa shape index (κ1) is 41.7. The number of halogens is 9. The van der Waals surface area contributed by atoms with Gasteiger partial charge in [-0.25, -0.2) is 0 Å². The summed E-state index contributed by atoms with van der Waals surface area (Å²) in [6.45, 7) is 0.962. The maximum atomic E-state index is 13.4. The van der Waals surface area contributed by atoms with Crippen molar-refractivity contribution in [2.24, 2.45) is 5.16 Å². The maximum Gasteiger partial charge on any atom is -0.0165 e. The second-order valence-electron chi connectivity index (χ2n) is 11.1. The number of nitrogens with one attached hydrogen (secondary N) is 2. The molecule has 0 aliphatic heterocycles. The first-order chi connectivity index (χ1) is 23.6. The molecule has 0 fully saturated rings. The standard InChI is InChI=1S/C33H35Cl2F6IN3O5/c1-2-31(47,23-6-4-3-5-7-23)11-13-43-12-10-26(22-8-9-27(34)28(35)16-22)29(45-50-20-30(46)44-42-48)19-49-18-21-14-24(32(36,37)38)17-25(15-21)33(39,40)41/h3-9,14-17,26,43,47-48H,2,10-13,18-20H2,1H3,(H,44,46)/q-1/b45-29+. The van der Waals surface area contributed by atoms with Gasteiger partial charge in [0.2, 0.25) is 0 Å². The Morgan fingerprint density at radius 3 is 2.14 bits per heavy atom. The van der Waals surface area contributed by atoms with Crippen molar-refractivity contribution in [1.29, 1.82) is 0 Å². The molecule has 0 aliphatic rings. The Bertz CT molecular complexity index is 1550. The smallest absolute Gasteiger partial charge is 0.0165 e. The molecule has 0 aliphatic carbocycles. The molecule has 8 nitrogen and oxygen atoms in total. The van der Waals surface area contributed by atoms with E-state index >= 15 is 0 Å². The van der Waals surface area contributed by atoms with Crippen molar-refractivity contribution in [2.45, 2.75) is 56.7 Å². The van der Waals surface area contributed by atoms with Crippen molar-refractivity contribution in [2.75, 3.05) is 26.3 Å². The Hall–Kier alpha value is -2.67. The second kappa shape index (κ2) is 19.2. The zero-order valence-corrected chi connectivity index (χ0v) is 30.2. The number of ether oxygens (including phenoxy) is 1. The molecule has 0 heterocycles. The van der Waals surface area contributed by atoms with Crippen LogP contribution in [0.15, 0.2) is 71.9 Å². The fourth-order valence-corrected chi connectivity index (χ4v) is 5.74. The van der Waals surface area contributed by atoms with Gasteiger partial charge in [-0.3, -0.25) is 0 Å². The Labute approximate surface area is 306 Å². The average molecular weight is 865 g/mol. The van der Waals surface area contributed by atoms with Crippen molar-refractivity contribution < 1.29 is 71.1 Å². The van der Waals surface area contributed by atoms with Gasteiger partial charge >= 0.3 is 215 Å². The van der Waals surface area contributed by atoms with Crippen LogP contribution in [0.1, 0.15) is 59.9 Å². The summed E-state index contributed by atoms with van der Waals surface area (Å²) in [7, 11) is 0. The number of amides is 1. The van der Waals surface area contributed by atoms with Crippen LogP contribution < -0.4 is 30.7 Å². The van der Waals surface area contributed by atoms with Gasteiger partial charge in [0.1, 0.15) is 0 Å². The van der Waals surface area contributed by atoms with Gasteiger partial charge in [0.15, 0.2) is 0 Å². The second-order valence-corrected chi connectivity index (χ2v) is 13.0. The van der Waals surface area contributed by atoms with Crippen molar-refractivity contribution in [3.8, 4) is 0 Å². The molecular formula is C33H35Cl2F6IN3O5-. The molecule has 0 radical (unpaired) electrons. The van der Waals surface area contributed by atoms with Crippen molar-refractivity contribution in [3.05, 3.63) is 105 Å². The molecule has 3 aromatic rings. The van der Waals surface area contributed by atoms with Crippen molar-refractivity contribution in [1.82, 2.24) is 8.85 Å². The number of hydrogen-bond acceptors (Lipinski definition) is 7. The molecule has 17 heteroatoms. The van der Waals surface area contributed by atoms with E-state index < -0.39 is 82.6 Å². The number of rotatable bonds is 18. The number of aliphatic hydroxyl groups is 1. The number of alkyl halides is 6. The summed E-state index contributed by atoms with van der Waals surface area (Å²) in [5, 5.41) is 19.0. The molecule has 0 spiro atoms. The number of oxime groups is 1. The fraction of sp³-hybridized carbons (Fsp3) is 0.394. The number of carbonyl (C=O) groups excluding carboxylic acids is 1. The Balaban J connectivity index is 1.85. The maximum absolute atomic E-state index is 13.4. The largest absolute Gasteiger partial charge is 0.0622 e. The summed E-state index contributed by atoms with van der Waals surface area (Å²) in [6, 6.07) is 15.2. The van der Waals surface area contributed by atoms with Crippen LogP contribution in [0.2, 0.25) is 10.0 Å². The van der Waals surface area contributed by atoms with Gasteiger partial charge < -0.3 is 5.11 Å². The SMILES string of the molecule is CCC(O)(CCNCCC(/C(COCc1cc(C(F)(F)F)cc(C(F)(F)F)c1)=N/OCC(=O)N[I-]O)c1ccc(Cl)c(Cl)c1)c1ccccc1. The molecule has 0 aromatic heterocycles. The fourth-order valence-electron chi connectivity index (χ4n) is 5.01. The molecule has 276 valence electrons. The number of benzene rings is 3.